The highest BCUT2D eigenvalue weighted by Crippen LogP contribution is 2.47. The molecule has 0 bridgehead atoms. The van der Waals surface area contributed by atoms with Gasteiger partial charge in [0.2, 0.25) is 13.2 Å². The van der Waals surface area contributed by atoms with E-state index in [1.807, 2.05) is 54.4 Å². The molecule has 2 aliphatic heterocycles. The van der Waals surface area contributed by atoms with E-state index in [2.05, 4.69) is 18.7 Å². The Hall–Kier alpha value is -3.26. The van der Waals surface area contributed by atoms with E-state index in [1.54, 1.807) is 7.11 Å². The molecule has 8 heteroatoms. The Kier molecular flexibility index (Phi) is 10.6. The molecule has 37 heavy (non-hydrogen) atoms. The molecule has 3 atom stereocenters. The van der Waals surface area contributed by atoms with E-state index in [4.69, 9.17) is 14.2 Å². The number of carbonyl (C=O) groups excluding carboxylic acids is 1. The molecule has 0 aromatic heterocycles. The van der Waals surface area contributed by atoms with E-state index in [0.717, 1.165) is 62.1 Å². The third-order valence-electron chi connectivity index (χ3n) is 7.05. The number of ether oxygens (including phenoxy) is 3. The molecule has 202 valence electrons. The summed E-state index contributed by atoms with van der Waals surface area (Å²) in [6.45, 7) is 7.01. The number of hydrogen-bond donors (Lipinski definition) is 1. The van der Waals surface area contributed by atoms with Crippen molar-refractivity contribution in [3.63, 3.8) is 0 Å². The predicted octanol–water partition coefficient (Wildman–Crippen LogP) is 4.94. The molecule has 2 aliphatic rings. The smallest absolute Gasteiger partial charge is 0.309 e. The molecule has 0 aliphatic carbocycles. The summed E-state index contributed by atoms with van der Waals surface area (Å²) in [6, 6.07) is 13.1. The first kappa shape index (κ1) is 28.3. The Morgan fingerprint density at radius 2 is 1.68 bits per heavy atom. The van der Waals surface area contributed by atoms with Gasteiger partial charge in [0.25, 0.3) is 0 Å². The van der Waals surface area contributed by atoms with E-state index < -0.39 is 11.9 Å². The van der Waals surface area contributed by atoms with Gasteiger partial charge < -0.3 is 24.2 Å². The molecule has 2 heterocycles. The van der Waals surface area contributed by atoms with E-state index in [0.29, 0.717) is 18.0 Å². The van der Waals surface area contributed by atoms with Gasteiger partial charge in [-0.2, -0.15) is 0 Å². The van der Waals surface area contributed by atoms with Crippen LogP contribution in [0.3, 0.4) is 0 Å². The second kappa shape index (κ2) is 13.9. The lowest BCUT2D eigenvalue weighted by Crippen LogP contribution is -2.26. The molecule has 0 unspecified atom stereocenters. The summed E-state index contributed by atoms with van der Waals surface area (Å²) < 4.78 is 16.0. The Labute approximate surface area is 220 Å². The van der Waals surface area contributed by atoms with Crippen molar-refractivity contribution in [3.05, 3.63) is 53.6 Å². The van der Waals surface area contributed by atoms with Gasteiger partial charge in [0.1, 0.15) is 5.75 Å². The minimum atomic E-state index is -0.794. The molecule has 1 amide bonds. The number of fused-ring (bicyclic) bond motifs is 1. The highest BCUT2D eigenvalue weighted by atomic mass is 16.7. The first-order valence-corrected chi connectivity index (χ1v) is 13.1. The van der Waals surface area contributed by atoms with Crippen molar-refractivity contribution in [1.82, 2.24) is 9.80 Å². The number of methoxy groups -OCH3 is 1. The maximum Gasteiger partial charge on any atom is 0.309 e. The van der Waals surface area contributed by atoms with Crippen LogP contribution in [0.4, 0.5) is 0 Å². The average molecular weight is 513 g/mol. The highest BCUT2D eigenvalue weighted by Gasteiger charge is 2.46. The zero-order valence-corrected chi connectivity index (χ0v) is 22.4. The SMILES string of the molecule is CCCCN(C=O)CCCC.COc1ccc([C@@H]2[C@H](C(=O)O)[C@@H](c3ccc4c(c3)OCO4)CN2C)cc1. The second-order valence-electron chi connectivity index (χ2n) is 9.59. The number of carboxylic acid groups (broad SMARTS) is 1. The molecule has 8 nitrogen and oxygen atoms in total. The standard InChI is InChI=1S/C20H21NO5.C9H19NO/c1-21-10-15(13-5-8-16-17(9-13)26-11-25-16)18(20(22)23)19(21)12-3-6-14(24-2)7-4-12;1-3-5-7-10(9-11)8-6-4-2/h3-9,15,18-19H,10-11H2,1-2H3,(H,22,23);9H,3-8H2,1-2H3/t15-,18-,19-;/m1./s1. The third-order valence-corrected chi connectivity index (χ3v) is 7.05. The van der Waals surface area contributed by atoms with E-state index in [9.17, 15) is 14.7 Å². The molecule has 2 aromatic carbocycles. The van der Waals surface area contributed by atoms with Crippen LogP contribution in [0, 0.1) is 5.92 Å². The number of aliphatic carboxylic acids is 1. The van der Waals surface area contributed by atoms with Crippen LogP contribution in [0.1, 0.15) is 62.6 Å². The summed E-state index contributed by atoms with van der Waals surface area (Å²) in [5.74, 6) is 0.681. The van der Waals surface area contributed by atoms with Crippen LogP contribution in [-0.4, -0.2) is 67.9 Å². The lowest BCUT2D eigenvalue weighted by molar-refractivity contribution is -0.143. The number of carboxylic acids is 1. The summed E-state index contributed by atoms with van der Waals surface area (Å²) in [5, 5.41) is 9.98. The summed E-state index contributed by atoms with van der Waals surface area (Å²) >= 11 is 0. The number of amides is 1. The molecule has 4 rings (SSSR count). The number of unbranched alkanes of at least 4 members (excludes halogenated alkanes) is 2. The molecule has 2 aromatic rings. The van der Waals surface area contributed by atoms with Gasteiger partial charge in [-0.25, -0.2) is 0 Å². The van der Waals surface area contributed by atoms with Crippen molar-refractivity contribution >= 4 is 12.4 Å². The molecule has 0 spiro atoms. The van der Waals surface area contributed by atoms with Crippen molar-refractivity contribution < 1.29 is 28.9 Å². The van der Waals surface area contributed by atoms with Crippen LogP contribution in [0.5, 0.6) is 17.2 Å². The number of benzene rings is 2. The molecular formula is C29H40N2O6. The van der Waals surface area contributed by atoms with Gasteiger partial charge in [-0.3, -0.25) is 14.5 Å². The first-order valence-electron chi connectivity index (χ1n) is 13.1. The third kappa shape index (κ3) is 7.16. The van der Waals surface area contributed by atoms with Crippen molar-refractivity contribution in [1.29, 1.82) is 0 Å². The van der Waals surface area contributed by atoms with Gasteiger partial charge in [0.15, 0.2) is 11.5 Å². The largest absolute Gasteiger partial charge is 0.497 e. The zero-order valence-electron chi connectivity index (χ0n) is 22.4. The van der Waals surface area contributed by atoms with Gasteiger partial charge in [-0.1, -0.05) is 44.9 Å². The van der Waals surface area contributed by atoms with Gasteiger partial charge in [0, 0.05) is 31.6 Å². The molecule has 0 saturated carbocycles. The van der Waals surface area contributed by atoms with Crippen molar-refractivity contribution in [2.75, 3.05) is 40.6 Å². The molecule has 1 N–H and O–H groups in total. The van der Waals surface area contributed by atoms with E-state index in [1.165, 1.54) is 0 Å². The summed E-state index contributed by atoms with van der Waals surface area (Å²) in [7, 11) is 3.59. The summed E-state index contributed by atoms with van der Waals surface area (Å²) in [6.07, 6.45) is 5.54. The van der Waals surface area contributed by atoms with E-state index in [-0.39, 0.29) is 18.8 Å². The lowest BCUT2D eigenvalue weighted by Gasteiger charge is -2.24. The van der Waals surface area contributed by atoms with Crippen LogP contribution < -0.4 is 14.2 Å². The molecular weight excluding hydrogens is 472 g/mol. The number of carbonyl (C=O) groups is 2. The monoisotopic (exact) mass is 512 g/mol. The average Bonchev–Trinajstić information content (AvgIpc) is 3.53. The van der Waals surface area contributed by atoms with Crippen molar-refractivity contribution in [3.8, 4) is 17.2 Å². The van der Waals surface area contributed by atoms with Crippen LogP contribution in [-0.2, 0) is 9.59 Å². The Balaban J connectivity index is 0.000000295. The topological polar surface area (TPSA) is 88.5 Å². The Bertz CT molecular complexity index is 1000. The number of likely N-dealkylation sites (N-methyl/N-ethyl adjacent to an activating group) is 1. The van der Waals surface area contributed by atoms with Crippen molar-refractivity contribution in [2.24, 2.45) is 5.92 Å². The zero-order chi connectivity index (χ0) is 26.8. The normalized spacial score (nSPS) is 20.2. The summed E-state index contributed by atoms with van der Waals surface area (Å²) in [5.41, 5.74) is 1.94. The number of nitrogens with zero attached hydrogens (tertiary/aromatic N) is 2. The van der Waals surface area contributed by atoms with Crippen LogP contribution >= 0.6 is 0 Å². The molecule has 0 radical (unpaired) electrons. The van der Waals surface area contributed by atoms with Gasteiger partial charge >= 0.3 is 5.97 Å². The van der Waals surface area contributed by atoms with Gasteiger partial charge in [-0.15, -0.1) is 0 Å². The van der Waals surface area contributed by atoms with Gasteiger partial charge in [-0.05, 0) is 55.3 Å². The fourth-order valence-corrected chi connectivity index (χ4v) is 5.00. The molecule has 1 fully saturated rings. The Morgan fingerprint density at radius 3 is 2.24 bits per heavy atom. The Morgan fingerprint density at radius 1 is 1.05 bits per heavy atom. The summed E-state index contributed by atoms with van der Waals surface area (Å²) in [4.78, 5) is 26.6. The number of hydrogen-bond acceptors (Lipinski definition) is 6. The number of rotatable bonds is 11. The fourth-order valence-electron chi connectivity index (χ4n) is 5.00. The maximum atomic E-state index is 12.2. The fraction of sp³-hybridized carbons (Fsp3) is 0.517. The van der Waals surface area contributed by atoms with Crippen LogP contribution in [0.15, 0.2) is 42.5 Å². The van der Waals surface area contributed by atoms with Crippen molar-refractivity contribution in [2.45, 2.75) is 51.5 Å². The second-order valence-corrected chi connectivity index (χ2v) is 9.59. The lowest BCUT2D eigenvalue weighted by atomic mass is 9.83. The van der Waals surface area contributed by atoms with Crippen LogP contribution in [0.25, 0.3) is 0 Å². The van der Waals surface area contributed by atoms with Crippen LogP contribution in [0.2, 0.25) is 0 Å². The van der Waals surface area contributed by atoms with E-state index >= 15 is 0 Å². The van der Waals surface area contributed by atoms with Gasteiger partial charge in [0.05, 0.1) is 13.0 Å². The minimum absolute atomic E-state index is 0.126. The highest BCUT2D eigenvalue weighted by molar-refractivity contribution is 5.74. The predicted molar refractivity (Wildman–Crippen MR) is 142 cm³/mol. The molecule has 1 saturated heterocycles. The number of likely N-dealkylation sites (tertiary alicyclic amines) is 1. The maximum absolute atomic E-state index is 12.2. The quantitative estimate of drug-likeness (QED) is 0.427. The first-order chi connectivity index (χ1) is 17.9. The minimum Gasteiger partial charge on any atom is -0.497 e.